The van der Waals surface area contributed by atoms with E-state index in [1.54, 1.807) is 0 Å². The van der Waals surface area contributed by atoms with Gasteiger partial charge in [0, 0.05) is 12.6 Å². The molecular weight excluding hydrogens is 174 g/mol. The molecule has 1 aliphatic heterocycles. The largest absolute Gasteiger partial charge is 0.378 e. The Balaban J connectivity index is 1.64. The van der Waals surface area contributed by atoms with Crippen LogP contribution < -0.4 is 5.32 Å². The Hall–Kier alpha value is -0.0800. The first-order valence-corrected chi connectivity index (χ1v) is 6.23. The minimum atomic E-state index is 0.555. The summed E-state index contributed by atoms with van der Waals surface area (Å²) in [4.78, 5) is 0. The van der Waals surface area contributed by atoms with Gasteiger partial charge in [-0.25, -0.2) is 0 Å². The molecule has 2 atom stereocenters. The third-order valence-corrected chi connectivity index (χ3v) is 3.36. The normalized spacial score (nSPS) is 33.2. The Bertz CT molecular complexity index is 166. The van der Waals surface area contributed by atoms with E-state index in [-0.39, 0.29) is 0 Å². The van der Waals surface area contributed by atoms with Crippen LogP contribution in [0.2, 0.25) is 0 Å². The summed E-state index contributed by atoms with van der Waals surface area (Å²) in [6, 6.07) is 0.863. The zero-order chi connectivity index (χ0) is 9.80. The van der Waals surface area contributed by atoms with Gasteiger partial charge in [-0.3, -0.25) is 0 Å². The lowest BCUT2D eigenvalue weighted by Gasteiger charge is -2.29. The Labute approximate surface area is 87.4 Å². The molecule has 14 heavy (non-hydrogen) atoms. The van der Waals surface area contributed by atoms with E-state index >= 15 is 0 Å². The topological polar surface area (TPSA) is 21.3 Å². The molecule has 82 valence electrons. The third kappa shape index (κ3) is 3.25. The smallest absolute Gasteiger partial charge is 0.0578 e. The third-order valence-electron chi connectivity index (χ3n) is 3.36. The number of hydrogen-bond acceptors (Lipinski definition) is 2. The van der Waals surface area contributed by atoms with E-state index < -0.39 is 0 Å². The van der Waals surface area contributed by atoms with Gasteiger partial charge < -0.3 is 10.1 Å². The van der Waals surface area contributed by atoms with E-state index in [4.69, 9.17) is 4.74 Å². The van der Waals surface area contributed by atoms with Crippen LogP contribution in [0.1, 0.15) is 45.4 Å². The van der Waals surface area contributed by atoms with E-state index in [1.807, 2.05) is 0 Å². The molecule has 0 aromatic rings. The predicted molar refractivity (Wildman–Crippen MR) is 58.4 cm³/mol. The summed E-state index contributed by atoms with van der Waals surface area (Å²) in [5.41, 5.74) is 0. The summed E-state index contributed by atoms with van der Waals surface area (Å²) in [7, 11) is 0. The fourth-order valence-corrected chi connectivity index (χ4v) is 2.29. The van der Waals surface area contributed by atoms with Gasteiger partial charge in [0.2, 0.25) is 0 Å². The average molecular weight is 197 g/mol. The number of nitrogens with one attached hydrogen (secondary N) is 1. The molecule has 1 saturated carbocycles. The predicted octanol–water partition coefficient (Wildman–Crippen LogP) is 2.33. The van der Waals surface area contributed by atoms with Crippen LogP contribution in [-0.4, -0.2) is 25.3 Å². The number of hydrogen-bond donors (Lipinski definition) is 1. The van der Waals surface area contributed by atoms with Crippen molar-refractivity contribution >= 4 is 0 Å². The molecule has 2 fully saturated rings. The van der Waals surface area contributed by atoms with Gasteiger partial charge in [0.1, 0.15) is 0 Å². The van der Waals surface area contributed by atoms with Gasteiger partial charge in [-0.1, -0.05) is 13.3 Å². The molecule has 1 aliphatic carbocycles. The molecule has 2 heteroatoms. The molecule has 0 bridgehead atoms. The Kier molecular flexibility index (Phi) is 3.82. The van der Waals surface area contributed by atoms with Crippen molar-refractivity contribution in [2.45, 2.75) is 57.6 Å². The van der Waals surface area contributed by atoms with Crippen molar-refractivity contribution in [2.75, 3.05) is 13.2 Å². The van der Waals surface area contributed by atoms with Crippen LogP contribution in [0.15, 0.2) is 0 Å². The fraction of sp³-hybridized carbons (Fsp3) is 1.00. The van der Waals surface area contributed by atoms with Gasteiger partial charge in [0.15, 0.2) is 0 Å². The monoisotopic (exact) mass is 197 g/mol. The molecule has 2 nitrogen and oxygen atoms in total. The van der Waals surface area contributed by atoms with Crippen LogP contribution in [0.25, 0.3) is 0 Å². The lowest BCUT2D eigenvalue weighted by Crippen LogP contribution is -2.33. The average Bonchev–Trinajstić information content (AvgIpc) is 2.99. The zero-order valence-corrected chi connectivity index (χ0v) is 9.30. The van der Waals surface area contributed by atoms with E-state index in [1.165, 1.54) is 45.1 Å². The van der Waals surface area contributed by atoms with Crippen LogP contribution in [-0.2, 0) is 4.74 Å². The number of ether oxygens (including phenoxy) is 1. The van der Waals surface area contributed by atoms with E-state index in [0.717, 1.165) is 18.6 Å². The van der Waals surface area contributed by atoms with Crippen molar-refractivity contribution in [3.63, 3.8) is 0 Å². The highest BCUT2D eigenvalue weighted by Crippen LogP contribution is 2.24. The molecule has 2 rings (SSSR count). The van der Waals surface area contributed by atoms with Gasteiger partial charge in [-0.15, -0.1) is 0 Å². The Morgan fingerprint density at radius 3 is 2.86 bits per heavy atom. The highest BCUT2D eigenvalue weighted by molar-refractivity contribution is 4.83. The maximum Gasteiger partial charge on any atom is 0.0578 e. The summed E-state index contributed by atoms with van der Waals surface area (Å²) in [5.74, 6) is 0.876. The summed E-state index contributed by atoms with van der Waals surface area (Å²) >= 11 is 0. The summed E-state index contributed by atoms with van der Waals surface area (Å²) in [5, 5.41) is 3.63. The molecule has 1 heterocycles. The van der Waals surface area contributed by atoms with Crippen LogP contribution in [0.3, 0.4) is 0 Å². The van der Waals surface area contributed by atoms with E-state index in [0.29, 0.717) is 6.10 Å². The van der Waals surface area contributed by atoms with Crippen molar-refractivity contribution in [1.29, 1.82) is 0 Å². The maximum absolute atomic E-state index is 5.74. The van der Waals surface area contributed by atoms with Crippen molar-refractivity contribution in [3.8, 4) is 0 Å². The maximum atomic E-state index is 5.74. The fourth-order valence-electron chi connectivity index (χ4n) is 2.29. The molecule has 0 amide bonds. The Morgan fingerprint density at radius 1 is 1.29 bits per heavy atom. The molecule has 2 aliphatic rings. The second-order valence-corrected chi connectivity index (χ2v) is 4.85. The second kappa shape index (κ2) is 5.13. The van der Waals surface area contributed by atoms with Crippen molar-refractivity contribution in [2.24, 2.45) is 5.92 Å². The summed E-state index contributed by atoms with van der Waals surface area (Å²) in [6.45, 7) is 4.46. The Morgan fingerprint density at radius 2 is 2.14 bits per heavy atom. The number of rotatable bonds is 5. The van der Waals surface area contributed by atoms with Crippen molar-refractivity contribution < 1.29 is 4.74 Å². The lowest BCUT2D eigenvalue weighted by molar-refractivity contribution is -0.0131. The highest BCUT2D eigenvalue weighted by Gasteiger charge is 2.25. The van der Waals surface area contributed by atoms with Crippen molar-refractivity contribution in [3.05, 3.63) is 0 Å². The summed E-state index contributed by atoms with van der Waals surface area (Å²) in [6.07, 6.45) is 8.42. The summed E-state index contributed by atoms with van der Waals surface area (Å²) < 4.78 is 5.74. The van der Waals surface area contributed by atoms with Crippen LogP contribution in [0.4, 0.5) is 0 Å². The zero-order valence-electron chi connectivity index (χ0n) is 9.30. The lowest BCUT2D eigenvalue weighted by atomic mass is 9.93. The first kappa shape index (κ1) is 10.4. The molecule has 2 unspecified atom stereocenters. The van der Waals surface area contributed by atoms with Crippen LogP contribution in [0, 0.1) is 5.92 Å². The van der Waals surface area contributed by atoms with Crippen LogP contribution in [0.5, 0.6) is 0 Å². The first-order valence-electron chi connectivity index (χ1n) is 6.23. The van der Waals surface area contributed by atoms with Gasteiger partial charge in [0.05, 0.1) is 6.10 Å². The molecule has 1 N–H and O–H groups in total. The van der Waals surface area contributed by atoms with Crippen molar-refractivity contribution in [1.82, 2.24) is 5.32 Å². The van der Waals surface area contributed by atoms with Crippen LogP contribution >= 0.6 is 0 Å². The minimum absolute atomic E-state index is 0.555. The van der Waals surface area contributed by atoms with Gasteiger partial charge in [0.25, 0.3) is 0 Å². The quantitative estimate of drug-likeness (QED) is 0.730. The molecule has 0 aromatic heterocycles. The molecule has 1 saturated heterocycles. The second-order valence-electron chi connectivity index (χ2n) is 4.85. The standard InChI is InChI=1S/C12H23NO/c1-2-3-12-8-10(6-7-14-12)9-13-11-4-5-11/h10-13H,2-9H2,1H3. The SMILES string of the molecule is CCCC1CC(CNC2CC2)CCO1. The minimum Gasteiger partial charge on any atom is -0.378 e. The highest BCUT2D eigenvalue weighted by atomic mass is 16.5. The molecule has 0 radical (unpaired) electrons. The molecule has 0 spiro atoms. The van der Waals surface area contributed by atoms with Gasteiger partial charge >= 0.3 is 0 Å². The molecule has 0 aromatic carbocycles. The van der Waals surface area contributed by atoms with Gasteiger partial charge in [-0.2, -0.15) is 0 Å². The van der Waals surface area contributed by atoms with Gasteiger partial charge in [-0.05, 0) is 44.6 Å². The van der Waals surface area contributed by atoms with E-state index in [2.05, 4.69) is 12.2 Å². The molecular formula is C12H23NO. The first-order chi connectivity index (χ1) is 6.88. The van der Waals surface area contributed by atoms with E-state index in [9.17, 15) is 0 Å².